The Morgan fingerprint density at radius 1 is 1.32 bits per heavy atom. The molecule has 0 spiro atoms. The van der Waals surface area contributed by atoms with Gasteiger partial charge in [-0.05, 0) is 18.3 Å². The van der Waals surface area contributed by atoms with Crippen molar-refractivity contribution in [1.82, 2.24) is 15.1 Å². The van der Waals surface area contributed by atoms with E-state index in [1.807, 2.05) is 27.7 Å². The minimum Gasteiger partial charge on any atom is -0.394 e. The predicted molar refractivity (Wildman–Crippen MR) is 79.8 cm³/mol. The number of aliphatic hydroxyl groups is 1. The second kappa shape index (κ2) is 8.22. The van der Waals surface area contributed by atoms with Crippen LogP contribution in [0.25, 0.3) is 0 Å². The number of nitrogens with zero attached hydrogens (tertiary/aromatic N) is 2. The standard InChI is InChI=1S/C15H25F2N3O2/c1-9(2)5-11(8-21)18-15(22)13-12(14(16)17)7-20(19-13)6-10(3)4/h7,9-11,14,21H,5-6,8H2,1-4H3,(H,18,22). The molecule has 0 aliphatic heterocycles. The van der Waals surface area contributed by atoms with Crippen molar-refractivity contribution in [3.63, 3.8) is 0 Å². The molecule has 5 nitrogen and oxygen atoms in total. The van der Waals surface area contributed by atoms with Crippen LogP contribution in [-0.4, -0.2) is 33.4 Å². The van der Waals surface area contributed by atoms with Gasteiger partial charge in [0.2, 0.25) is 0 Å². The molecule has 126 valence electrons. The van der Waals surface area contributed by atoms with Crippen molar-refractivity contribution in [1.29, 1.82) is 0 Å². The summed E-state index contributed by atoms with van der Waals surface area (Å²) >= 11 is 0. The summed E-state index contributed by atoms with van der Waals surface area (Å²) in [5, 5.41) is 15.8. The van der Waals surface area contributed by atoms with Gasteiger partial charge in [0.05, 0.1) is 18.2 Å². The van der Waals surface area contributed by atoms with Crippen LogP contribution < -0.4 is 5.32 Å². The zero-order valence-corrected chi connectivity index (χ0v) is 13.5. The molecule has 0 aliphatic carbocycles. The van der Waals surface area contributed by atoms with Gasteiger partial charge in [0, 0.05) is 12.7 Å². The van der Waals surface area contributed by atoms with Gasteiger partial charge in [-0.15, -0.1) is 0 Å². The molecule has 0 aliphatic rings. The summed E-state index contributed by atoms with van der Waals surface area (Å²) in [6.07, 6.45) is -0.978. The molecule has 0 saturated heterocycles. The maximum atomic E-state index is 13.1. The molecule has 1 heterocycles. The highest BCUT2D eigenvalue weighted by atomic mass is 19.3. The molecule has 0 bridgehead atoms. The van der Waals surface area contributed by atoms with Crippen molar-refractivity contribution in [2.24, 2.45) is 11.8 Å². The molecule has 1 amide bonds. The van der Waals surface area contributed by atoms with Gasteiger partial charge in [-0.3, -0.25) is 9.48 Å². The number of alkyl halides is 2. The van der Waals surface area contributed by atoms with Crippen LogP contribution in [0.5, 0.6) is 0 Å². The van der Waals surface area contributed by atoms with E-state index in [9.17, 15) is 18.7 Å². The van der Waals surface area contributed by atoms with Crippen LogP contribution in [0.3, 0.4) is 0 Å². The van der Waals surface area contributed by atoms with Gasteiger partial charge in [0.25, 0.3) is 12.3 Å². The number of carbonyl (C=O) groups is 1. The fourth-order valence-corrected chi connectivity index (χ4v) is 2.24. The van der Waals surface area contributed by atoms with E-state index in [4.69, 9.17) is 0 Å². The number of halogens is 2. The topological polar surface area (TPSA) is 67.2 Å². The molecule has 1 rings (SSSR count). The zero-order chi connectivity index (χ0) is 16.9. The van der Waals surface area contributed by atoms with Crippen LogP contribution in [0.4, 0.5) is 8.78 Å². The normalized spacial score (nSPS) is 13.2. The molecule has 1 atom stereocenters. The van der Waals surface area contributed by atoms with E-state index in [2.05, 4.69) is 10.4 Å². The third-order valence-electron chi connectivity index (χ3n) is 3.10. The highest BCUT2D eigenvalue weighted by molar-refractivity contribution is 5.94. The largest absolute Gasteiger partial charge is 0.394 e. The van der Waals surface area contributed by atoms with Gasteiger partial charge >= 0.3 is 0 Å². The first kappa shape index (κ1) is 18.5. The zero-order valence-electron chi connectivity index (χ0n) is 13.5. The monoisotopic (exact) mass is 317 g/mol. The Balaban J connectivity index is 2.92. The fraction of sp³-hybridized carbons (Fsp3) is 0.733. The van der Waals surface area contributed by atoms with E-state index in [0.29, 0.717) is 13.0 Å². The van der Waals surface area contributed by atoms with Gasteiger partial charge in [0.1, 0.15) is 0 Å². The van der Waals surface area contributed by atoms with Crippen molar-refractivity contribution in [3.05, 3.63) is 17.5 Å². The van der Waals surface area contributed by atoms with E-state index in [1.54, 1.807) is 0 Å². The number of carbonyl (C=O) groups excluding carboxylic acids is 1. The number of nitrogens with one attached hydrogen (secondary N) is 1. The maximum Gasteiger partial charge on any atom is 0.272 e. The number of hydrogen-bond donors (Lipinski definition) is 2. The molecule has 0 radical (unpaired) electrons. The SMILES string of the molecule is CC(C)CC(CO)NC(=O)c1nn(CC(C)C)cc1C(F)F. The number of rotatable bonds is 8. The lowest BCUT2D eigenvalue weighted by Gasteiger charge is -2.17. The number of hydrogen-bond acceptors (Lipinski definition) is 3. The molecule has 0 aromatic carbocycles. The van der Waals surface area contributed by atoms with Crippen LogP contribution >= 0.6 is 0 Å². The predicted octanol–water partition coefficient (Wildman–Crippen LogP) is 2.61. The Kier molecular flexibility index (Phi) is 6.93. The van der Waals surface area contributed by atoms with Crippen LogP contribution in [0.2, 0.25) is 0 Å². The minimum atomic E-state index is -2.76. The molecule has 2 N–H and O–H groups in total. The summed E-state index contributed by atoms with van der Waals surface area (Å²) < 4.78 is 27.5. The Morgan fingerprint density at radius 2 is 1.95 bits per heavy atom. The van der Waals surface area contributed by atoms with Gasteiger partial charge in [-0.25, -0.2) is 8.78 Å². The first-order valence-corrected chi connectivity index (χ1v) is 7.51. The summed E-state index contributed by atoms with van der Waals surface area (Å²) in [4.78, 5) is 12.2. The number of aromatic nitrogens is 2. The van der Waals surface area contributed by atoms with E-state index in [0.717, 1.165) is 0 Å². The second-order valence-electron chi connectivity index (χ2n) is 6.33. The molecule has 1 aromatic rings. The third-order valence-corrected chi connectivity index (χ3v) is 3.10. The smallest absolute Gasteiger partial charge is 0.272 e. The summed E-state index contributed by atoms with van der Waals surface area (Å²) in [5.74, 6) is -0.171. The van der Waals surface area contributed by atoms with Crippen LogP contribution in [0.1, 0.15) is 56.6 Å². The van der Waals surface area contributed by atoms with Crippen LogP contribution in [-0.2, 0) is 6.54 Å². The first-order chi connectivity index (χ1) is 10.2. The van der Waals surface area contributed by atoms with Crippen molar-refractivity contribution >= 4 is 5.91 Å². The summed E-state index contributed by atoms with van der Waals surface area (Å²) in [7, 11) is 0. The van der Waals surface area contributed by atoms with E-state index < -0.39 is 18.4 Å². The third kappa shape index (κ3) is 5.36. The van der Waals surface area contributed by atoms with Gasteiger partial charge < -0.3 is 10.4 Å². The molecule has 0 saturated carbocycles. The first-order valence-electron chi connectivity index (χ1n) is 7.51. The minimum absolute atomic E-state index is 0.229. The molecule has 22 heavy (non-hydrogen) atoms. The maximum absolute atomic E-state index is 13.1. The van der Waals surface area contributed by atoms with Crippen molar-refractivity contribution in [2.45, 2.75) is 53.1 Å². The lowest BCUT2D eigenvalue weighted by Crippen LogP contribution is -2.39. The van der Waals surface area contributed by atoms with Gasteiger partial charge in [-0.2, -0.15) is 5.10 Å². The number of amides is 1. The summed E-state index contributed by atoms with van der Waals surface area (Å²) in [6, 6.07) is -0.465. The summed E-state index contributed by atoms with van der Waals surface area (Å²) in [5.41, 5.74) is -0.641. The van der Waals surface area contributed by atoms with E-state index in [-0.39, 0.29) is 29.7 Å². The molecular weight excluding hydrogens is 292 g/mol. The quantitative estimate of drug-likeness (QED) is 0.774. The Labute approximate surface area is 129 Å². The fourth-order valence-electron chi connectivity index (χ4n) is 2.24. The van der Waals surface area contributed by atoms with Gasteiger partial charge in [-0.1, -0.05) is 27.7 Å². The lowest BCUT2D eigenvalue weighted by atomic mass is 10.0. The second-order valence-corrected chi connectivity index (χ2v) is 6.33. The summed E-state index contributed by atoms with van der Waals surface area (Å²) in [6.45, 7) is 8.01. The van der Waals surface area contributed by atoms with Crippen molar-refractivity contribution in [3.8, 4) is 0 Å². The molecule has 7 heteroatoms. The Hall–Kier alpha value is -1.50. The van der Waals surface area contributed by atoms with Crippen LogP contribution in [0, 0.1) is 11.8 Å². The average molecular weight is 317 g/mol. The average Bonchev–Trinajstić information content (AvgIpc) is 2.80. The molecule has 1 aromatic heterocycles. The molecule has 1 unspecified atom stereocenters. The van der Waals surface area contributed by atoms with Crippen molar-refractivity contribution in [2.75, 3.05) is 6.61 Å². The molecule has 0 fully saturated rings. The Bertz CT molecular complexity index is 487. The van der Waals surface area contributed by atoms with E-state index in [1.165, 1.54) is 10.9 Å². The highest BCUT2D eigenvalue weighted by Crippen LogP contribution is 2.22. The highest BCUT2D eigenvalue weighted by Gasteiger charge is 2.25. The van der Waals surface area contributed by atoms with Crippen molar-refractivity contribution < 1.29 is 18.7 Å². The lowest BCUT2D eigenvalue weighted by molar-refractivity contribution is 0.0890. The number of aliphatic hydroxyl groups excluding tert-OH is 1. The van der Waals surface area contributed by atoms with Gasteiger partial charge in [0.15, 0.2) is 5.69 Å². The Morgan fingerprint density at radius 3 is 2.41 bits per heavy atom. The molecular formula is C15H25F2N3O2. The van der Waals surface area contributed by atoms with E-state index >= 15 is 0 Å². The van der Waals surface area contributed by atoms with Crippen LogP contribution in [0.15, 0.2) is 6.20 Å².